The molecule has 0 aliphatic rings. The maximum atomic E-state index is 12.4. The van der Waals surface area contributed by atoms with Gasteiger partial charge in [0.25, 0.3) is 0 Å². The largest absolute Gasteiger partial charge is 0.392 e. The molecule has 6 heteroatoms. The summed E-state index contributed by atoms with van der Waals surface area (Å²) >= 11 is 0. The number of amides is 2. The van der Waals surface area contributed by atoms with Gasteiger partial charge in [-0.15, -0.1) is 0 Å². The van der Waals surface area contributed by atoms with Crippen molar-refractivity contribution < 1.29 is 9.90 Å². The molecule has 2 aromatic rings. The van der Waals surface area contributed by atoms with Crippen LogP contribution in [0.5, 0.6) is 0 Å². The lowest BCUT2D eigenvalue weighted by molar-refractivity contribution is 0.125. The molecule has 2 rings (SSSR count). The van der Waals surface area contributed by atoms with Gasteiger partial charge in [0.05, 0.1) is 18.8 Å². The SMILES string of the molecule is Cc1cnn(Cc2ccc(NC(=O)N(CC(C)O)C(C)C)cc2)c1. The molecule has 0 aliphatic carbocycles. The van der Waals surface area contributed by atoms with Crippen LogP contribution in [0.1, 0.15) is 31.9 Å². The third-order valence-electron chi connectivity index (χ3n) is 3.66. The number of hydrogen-bond donors (Lipinski definition) is 2. The monoisotopic (exact) mass is 330 g/mol. The lowest BCUT2D eigenvalue weighted by Gasteiger charge is -2.28. The van der Waals surface area contributed by atoms with E-state index in [1.807, 2.05) is 62.1 Å². The fraction of sp³-hybridized carbons (Fsp3) is 0.444. The standard InChI is InChI=1S/C18H26N4O2/c1-13(2)22(11-15(4)23)18(24)20-17-7-5-16(6-8-17)12-21-10-14(3)9-19-21/h5-10,13,15,23H,11-12H2,1-4H3,(H,20,24). The fourth-order valence-corrected chi connectivity index (χ4v) is 2.44. The van der Waals surface area contributed by atoms with Gasteiger partial charge < -0.3 is 15.3 Å². The molecule has 0 saturated carbocycles. The number of aliphatic hydroxyl groups excluding tert-OH is 1. The predicted molar refractivity (Wildman–Crippen MR) is 95.0 cm³/mol. The van der Waals surface area contributed by atoms with Crippen LogP contribution in [0.2, 0.25) is 0 Å². The van der Waals surface area contributed by atoms with Crippen molar-refractivity contribution in [2.24, 2.45) is 0 Å². The van der Waals surface area contributed by atoms with Gasteiger partial charge in [0, 0.05) is 24.5 Å². The molecular formula is C18H26N4O2. The van der Waals surface area contributed by atoms with E-state index in [1.165, 1.54) is 0 Å². The number of anilines is 1. The van der Waals surface area contributed by atoms with Crippen molar-refractivity contribution in [3.05, 3.63) is 47.8 Å². The Bertz CT molecular complexity index is 662. The van der Waals surface area contributed by atoms with Gasteiger partial charge in [0.15, 0.2) is 0 Å². The van der Waals surface area contributed by atoms with Gasteiger partial charge in [-0.2, -0.15) is 5.10 Å². The number of benzene rings is 1. The summed E-state index contributed by atoms with van der Waals surface area (Å²) in [4.78, 5) is 14.0. The molecule has 0 saturated heterocycles. The van der Waals surface area contributed by atoms with Gasteiger partial charge >= 0.3 is 6.03 Å². The Morgan fingerprint density at radius 3 is 2.46 bits per heavy atom. The quantitative estimate of drug-likeness (QED) is 0.855. The van der Waals surface area contributed by atoms with Crippen LogP contribution in [-0.2, 0) is 6.54 Å². The molecule has 0 radical (unpaired) electrons. The van der Waals surface area contributed by atoms with Crippen molar-refractivity contribution in [1.29, 1.82) is 0 Å². The number of urea groups is 1. The lowest BCUT2D eigenvalue weighted by Crippen LogP contribution is -2.43. The Labute approximate surface area is 143 Å². The molecule has 130 valence electrons. The third kappa shape index (κ3) is 5.09. The van der Waals surface area contributed by atoms with Crippen LogP contribution in [0.3, 0.4) is 0 Å². The van der Waals surface area contributed by atoms with E-state index < -0.39 is 6.10 Å². The number of hydrogen-bond acceptors (Lipinski definition) is 3. The highest BCUT2D eigenvalue weighted by Crippen LogP contribution is 2.13. The van der Waals surface area contributed by atoms with Gasteiger partial charge in [0.2, 0.25) is 0 Å². The normalized spacial score (nSPS) is 12.2. The van der Waals surface area contributed by atoms with Crippen LogP contribution in [0, 0.1) is 6.92 Å². The molecule has 24 heavy (non-hydrogen) atoms. The topological polar surface area (TPSA) is 70.4 Å². The summed E-state index contributed by atoms with van der Waals surface area (Å²) in [6, 6.07) is 7.51. The molecule has 0 bridgehead atoms. The number of aliphatic hydroxyl groups is 1. The zero-order valence-electron chi connectivity index (χ0n) is 14.7. The van der Waals surface area contributed by atoms with E-state index in [2.05, 4.69) is 10.4 Å². The second-order valence-corrected chi connectivity index (χ2v) is 6.44. The first-order valence-electron chi connectivity index (χ1n) is 8.19. The molecule has 2 amide bonds. The summed E-state index contributed by atoms with van der Waals surface area (Å²) in [5.74, 6) is 0. The number of aromatic nitrogens is 2. The summed E-state index contributed by atoms with van der Waals surface area (Å²) in [6.07, 6.45) is 3.27. The molecule has 1 aromatic carbocycles. The van der Waals surface area contributed by atoms with Crippen molar-refractivity contribution in [2.45, 2.75) is 46.4 Å². The van der Waals surface area contributed by atoms with E-state index in [0.717, 1.165) is 16.8 Å². The highest BCUT2D eigenvalue weighted by Gasteiger charge is 2.18. The van der Waals surface area contributed by atoms with Crippen LogP contribution < -0.4 is 5.32 Å². The lowest BCUT2D eigenvalue weighted by atomic mass is 10.2. The molecule has 0 aliphatic heterocycles. The third-order valence-corrected chi connectivity index (χ3v) is 3.66. The summed E-state index contributed by atoms with van der Waals surface area (Å²) in [5.41, 5.74) is 2.98. The first-order chi connectivity index (χ1) is 11.3. The van der Waals surface area contributed by atoms with E-state index in [0.29, 0.717) is 13.1 Å². The number of rotatable bonds is 6. The predicted octanol–water partition coefficient (Wildman–Crippen LogP) is 2.86. The Morgan fingerprint density at radius 2 is 1.96 bits per heavy atom. The number of nitrogens with one attached hydrogen (secondary N) is 1. The molecule has 2 N–H and O–H groups in total. The fourth-order valence-electron chi connectivity index (χ4n) is 2.44. The van der Waals surface area contributed by atoms with E-state index >= 15 is 0 Å². The zero-order chi connectivity index (χ0) is 17.7. The van der Waals surface area contributed by atoms with Gasteiger partial charge in [0.1, 0.15) is 0 Å². The highest BCUT2D eigenvalue weighted by atomic mass is 16.3. The van der Waals surface area contributed by atoms with Gasteiger partial charge in [-0.3, -0.25) is 4.68 Å². The van der Waals surface area contributed by atoms with E-state index in [1.54, 1.807) is 11.8 Å². The van der Waals surface area contributed by atoms with Crippen LogP contribution in [-0.4, -0.2) is 44.5 Å². The zero-order valence-corrected chi connectivity index (χ0v) is 14.7. The maximum Gasteiger partial charge on any atom is 0.322 e. The van der Waals surface area contributed by atoms with Crippen molar-refractivity contribution in [3.8, 4) is 0 Å². The summed E-state index contributed by atoms with van der Waals surface area (Å²) in [6.45, 7) is 8.54. The van der Waals surface area contributed by atoms with Crippen LogP contribution in [0.4, 0.5) is 10.5 Å². The molecule has 1 aromatic heterocycles. The minimum Gasteiger partial charge on any atom is -0.392 e. The highest BCUT2D eigenvalue weighted by molar-refractivity contribution is 5.89. The van der Waals surface area contributed by atoms with Crippen molar-refractivity contribution in [3.63, 3.8) is 0 Å². The van der Waals surface area contributed by atoms with Gasteiger partial charge in [-0.1, -0.05) is 12.1 Å². The average molecular weight is 330 g/mol. The molecule has 1 unspecified atom stereocenters. The Morgan fingerprint density at radius 1 is 1.29 bits per heavy atom. The van der Waals surface area contributed by atoms with Gasteiger partial charge in [-0.25, -0.2) is 4.79 Å². The molecule has 6 nitrogen and oxygen atoms in total. The van der Waals surface area contributed by atoms with E-state index in [4.69, 9.17) is 0 Å². The smallest absolute Gasteiger partial charge is 0.322 e. The van der Waals surface area contributed by atoms with Crippen LogP contribution in [0.25, 0.3) is 0 Å². The minimum absolute atomic E-state index is 0.0157. The Kier molecular flexibility index (Phi) is 5.98. The van der Waals surface area contributed by atoms with Gasteiger partial charge in [-0.05, 0) is 51.0 Å². The van der Waals surface area contributed by atoms with Crippen molar-refractivity contribution in [2.75, 3.05) is 11.9 Å². The number of nitrogens with zero attached hydrogens (tertiary/aromatic N) is 3. The molecule has 1 heterocycles. The number of carbonyl (C=O) groups is 1. The van der Waals surface area contributed by atoms with Crippen molar-refractivity contribution in [1.82, 2.24) is 14.7 Å². The Hall–Kier alpha value is -2.34. The summed E-state index contributed by atoms with van der Waals surface area (Å²) in [7, 11) is 0. The molecule has 0 fully saturated rings. The summed E-state index contributed by atoms with van der Waals surface area (Å²) in [5, 5.41) is 16.7. The maximum absolute atomic E-state index is 12.4. The molecule has 1 atom stereocenters. The van der Waals surface area contributed by atoms with E-state index in [9.17, 15) is 9.90 Å². The first kappa shape index (κ1) is 18.0. The first-order valence-corrected chi connectivity index (χ1v) is 8.19. The second-order valence-electron chi connectivity index (χ2n) is 6.44. The van der Waals surface area contributed by atoms with Crippen molar-refractivity contribution >= 4 is 11.7 Å². The minimum atomic E-state index is -0.557. The van der Waals surface area contributed by atoms with Crippen LogP contribution >= 0.6 is 0 Å². The average Bonchev–Trinajstić information content (AvgIpc) is 2.91. The second kappa shape index (κ2) is 7.97. The number of carbonyl (C=O) groups excluding carboxylic acids is 1. The summed E-state index contributed by atoms with van der Waals surface area (Å²) < 4.78 is 1.88. The molecular weight excluding hydrogens is 304 g/mol. The number of aryl methyl sites for hydroxylation is 1. The molecule has 0 spiro atoms. The van der Waals surface area contributed by atoms with E-state index in [-0.39, 0.29) is 12.1 Å². The Balaban J connectivity index is 1.98. The van der Waals surface area contributed by atoms with Crippen LogP contribution in [0.15, 0.2) is 36.7 Å².